The van der Waals surface area contributed by atoms with Crippen LogP contribution in [0.5, 0.6) is 5.75 Å². The number of aliphatic carboxylic acids is 1. The van der Waals surface area contributed by atoms with Crippen LogP contribution in [-0.4, -0.2) is 92.9 Å². The van der Waals surface area contributed by atoms with Gasteiger partial charge in [0, 0.05) is 79.7 Å². The highest BCUT2D eigenvalue weighted by molar-refractivity contribution is 6.01. The number of rotatable bonds is 7. The molecule has 0 bridgehead atoms. The summed E-state index contributed by atoms with van der Waals surface area (Å²) in [5.74, 6) is -1.07. The second-order valence-electron chi connectivity index (χ2n) is 14.8. The van der Waals surface area contributed by atoms with E-state index in [-0.39, 0.29) is 5.75 Å². The number of nitrogens with zero attached hydrogens (tertiary/aromatic N) is 6. The Morgan fingerprint density at radius 2 is 1.88 bits per heavy atom. The number of anilines is 1. The Kier molecular flexibility index (Phi) is 9.10. The fraction of sp³-hybridized carbons (Fsp3) is 0.568. The number of carboxylic acid groups (broad SMARTS) is 1. The molecule has 50 heavy (non-hydrogen) atoms. The molecule has 3 aromatic heterocycles. The molecule has 1 N–H and O–H groups in total. The van der Waals surface area contributed by atoms with Gasteiger partial charge in [-0.15, -0.1) is 5.10 Å². The van der Waals surface area contributed by atoms with Gasteiger partial charge in [0.15, 0.2) is 17.7 Å². The smallest absolute Gasteiger partial charge is 0.337 e. The molecule has 3 aliphatic rings. The van der Waals surface area contributed by atoms with E-state index in [1.54, 1.807) is 6.92 Å². The molecule has 7 rings (SSSR count). The molecular weight excluding hydrogens is 643 g/mol. The van der Waals surface area contributed by atoms with Gasteiger partial charge in [-0.2, -0.15) is 0 Å². The maximum Gasteiger partial charge on any atom is 0.337 e. The number of carbonyl (C=O) groups is 1. The summed E-state index contributed by atoms with van der Waals surface area (Å²) in [6.45, 7) is 15.9. The standard InChI is InChI=1S/C37H47FN6O6/c1-20-19-43(12-13-44(20)23-10-15-47-16-11-23)36-41-40-34(49-36)28-18-26-30(25-17-27(38)31-24(21(25)2)9-8-14-48-31)29(22(3)39-33(26)42(28)7)32(35(45)46)50-37(4,5)6/h17-18,20,23,32H,8-16,19H2,1-7H3,(H,45,46)/t20-,32+/m1/s1. The zero-order chi connectivity index (χ0) is 35.5. The van der Waals surface area contributed by atoms with E-state index in [1.165, 1.54) is 6.07 Å². The molecule has 0 unspecified atom stereocenters. The minimum absolute atomic E-state index is 0.261. The summed E-state index contributed by atoms with van der Waals surface area (Å²) in [7, 11) is 1.86. The summed E-state index contributed by atoms with van der Waals surface area (Å²) in [5.41, 5.74) is 3.97. The molecule has 0 saturated carbocycles. The van der Waals surface area contributed by atoms with Crippen LogP contribution < -0.4 is 9.64 Å². The fourth-order valence-corrected chi connectivity index (χ4v) is 7.93. The molecule has 0 amide bonds. The topological polar surface area (TPSA) is 128 Å². The molecule has 1 aromatic carbocycles. The number of benzene rings is 1. The van der Waals surface area contributed by atoms with Crippen molar-refractivity contribution in [2.75, 3.05) is 44.4 Å². The number of aromatic nitrogens is 4. The zero-order valence-electron chi connectivity index (χ0n) is 30.0. The van der Waals surface area contributed by atoms with E-state index in [0.717, 1.165) is 63.2 Å². The number of carboxylic acids is 1. The summed E-state index contributed by atoms with van der Waals surface area (Å²) in [6.07, 6.45) is 2.15. The number of aryl methyl sites for hydroxylation is 2. The summed E-state index contributed by atoms with van der Waals surface area (Å²) < 4.78 is 41.5. The Balaban J connectivity index is 1.33. The van der Waals surface area contributed by atoms with E-state index in [9.17, 15) is 9.90 Å². The van der Waals surface area contributed by atoms with Crippen molar-refractivity contribution in [3.05, 3.63) is 40.3 Å². The second-order valence-corrected chi connectivity index (χ2v) is 14.8. The number of ether oxygens (including phenoxy) is 3. The summed E-state index contributed by atoms with van der Waals surface area (Å²) in [4.78, 5) is 22.5. The average molecular weight is 691 g/mol. The molecule has 268 valence electrons. The molecule has 3 aliphatic heterocycles. The molecule has 0 radical (unpaired) electrons. The summed E-state index contributed by atoms with van der Waals surface area (Å²) in [5, 5.41) is 20.1. The van der Waals surface area contributed by atoms with E-state index < -0.39 is 23.5 Å². The summed E-state index contributed by atoms with van der Waals surface area (Å²) >= 11 is 0. The molecule has 13 heteroatoms. The number of pyridine rings is 1. The molecule has 0 aliphatic carbocycles. The van der Waals surface area contributed by atoms with Crippen molar-refractivity contribution in [3.8, 4) is 28.5 Å². The van der Waals surface area contributed by atoms with Crippen molar-refractivity contribution in [1.29, 1.82) is 0 Å². The first-order chi connectivity index (χ1) is 23.8. The number of fused-ring (bicyclic) bond motifs is 2. The number of hydrogen-bond acceptors (Lipinski definition) is 10. The van der Waals surface area contributed by atoms with E-state index in [0.29, 0.717) is 76.1 Å². The molecular formula is C37H47FN6O6. The fourth-order valence-electron chi connectivity index (χ4n) is 7.93. The normalized spacial score (nSPS) is 19.8. The maximum absolute atomic E-state index is 15.8. The lowest BCUT2D eigenvalue weighted by Crippen LogP contribution is -2.56. The predicted octanol–water partition coefficient (Wildman–Crippen LogP) is 6.00. The van der Waals surface area contributed by atoms with Gasteiger partial charge in [-0.25, -0.2) is 14.2 Å². The quantitative estimate of drug-likeness (QED) is 0.245. The van der Waals surface area contributed by atoms with Crippen molar-refractivity contribution >= 4 is 23.0 Å². The Labute approximate surface area is 291 Å². The van der Waals surface area contributed by atoms with Gasteiger partial charge in [-0.1, -0.05) is 5.10 Å². The Hall–Kier alpha value is -4.07. The van der Waals surface area contributed by atoms with Gasteiger partial charge in [0.25, 0.3) is 5.89 Å². The molecule has 6 heterocycles. The van der Waals surface area contributed by atoms with Gasteiger partial charge in [0.2, 0.25) is 0 Å². The highest BCUT2D eigenvalue weighted by atomic mass is 19.1. The van der Waals surface area contributed by atoms with E-state index >= 15 is 4.39 Å². The van der Waals surface area contributed by atoms with Crippen LogP contribution in [0.4, 0.5) is 10.4 Å². The number of hydrogen-bond donors (Lipinski definition) is 1. The Morgan fingerprint density at radius 1 is 1.12 bits per heavy atom. The lowest BCUT2D eigenvalue weighted by molar-refractivity contribution is -0.160. The van der Waals surface area contributed by atoms with Gasteiger partial charge in [-0.3, -0.25) is 4.90 Å². The number of halogens is 1. The Bertz CT molecular complexity index is 1930. The van der Waals surface area contributed by atoms with Crippen molar-refractivity contribution in [2.24, 2.45) is 7.05 Å². The molecule has 2 saturated heterocycles. The largest absolute Gasteiger partial charge is 0.490 e. The maximum atomic E-state index is 15.8. The summed E-state index contributed by atoms with van der Waals surface area (Å²) in [6, 6.07) is 4.62. The second kappa shape index (κ2) is 13.2. The Morgan fingerprint density at radius 3 is 2.58 bits per heavy atom. The van der Waals surface area contributed by atoms with Crippen LogP contribution in [0.1, 0.15) is 75.4 Å². The van der Waals surface area contributed by atoms with Crippen molar-refractivity contribution in [1.82, 2.24) is 24.6 Å². The molecule has 2 fully saturated rings. The van der Waals surface area contributed by atoms with Crippen LogP contribution in [0.2, 0.25) is 0 Å². The minimum atomic E-state index is -1.36. The average Bonchev–Trinajstić information content (AvgIpc) is 3.70. The SMILES string of the molecule is Cc1nc2c(cc(-c3nnc(N4CCN(C5CCOCC5)[C@H](C)C4)o3)n2C)c(-c2cc(F)c3c(c2C)CCCO3)c1[C@H](OC(C)(C)C)C(=O)O. The van der Waals surface area contributed by atoms with E-state index in [4.69, 9.17) is 23.6 Å². The lowest BCUT2D eigenvalue weighted by Gasteiger charge is -2.44. The first-order valence-electron chi connectivity index (χ1n) is 17.6. The first kappa shape index (κ1) is 34.4. The van der Waals surface area contributed by atoms with Crippen molar-refractivity contribution < 1.29 is 32.9 Å². The van der Waals surface area contributed by atoms with Crippen molar-refractivity contribution in [2.45, 2.75) is 91.0 Å². The highest BCUT2D eigenvalue weighted by Crippen LogP contribution is 2.45. The highest BCUT2D eigenvalue weighted by Gasteiger charge is 2.36. The van der Waals surface area contributed by atoms with Crippen LogP contribution in [0, 0.1) is 19.7 Å². The third kappa shape index (κ3) is 6.24. The van der Waals surface area contributed by atoms with Crippen LogP contribution >= 0.6 is 0 Å². The van der Waals surface area contributed by atoms with Gasteiger partial charge in [-0.05, 0) is 90.5 Å². The molecule has 12 nitrogen and oxygen atoms in total. The monoisotopic (exact) mass is 690 g/mol. The van der Waals surface area contributed by atoms with E-state index in [2.05, 4.69) is 26.9 Å². The van der Waals surface area contributed by atoms with Gasteiger partial charge < -0.3 is 33.2 Å². The zero-order valence-corrected chi connectivity index (χ0v) is 30.0. The number of piperazine rings is 1. The molecule has 4 aromatic rings. The van der Waals surface area contributed by atoms with Gasteiger partial charge in [0.05, 0.1) is 12.2 Å². The minimum Gasteiger partial charge on any atom is -0.490 e. The van der Waals surface area contributed by atoms with Crippen LogP contribution in [0.25, 0.3) is 33.7 Å². The molecule has 2 atom stereocenters. The van der Waals surface area contributed by atoms with E-state index in [1.807, 2.05) is 45.4 Å². The predicted molar refractivity (Wildman–Crippen MR) is 186 cm³/mol. The van der Waals surface area contributed by atoms with Crippen LogP contribution in [0.3, 0.4) is 0 Å². The van der Waals surface area contributed by atoms with Gasteiger partial charge in [0.1, 0.15) is 11.3 Å². The van der Waals surface area contributed by atoms with Crippen LogP contribution in [0.15, 0.2) is 16.5 Å². The first-order valence-corrected chi connectivity index (χ1v) is 17.6. The lowest BCUT2D eigenvalue weighted by atomic mass is 9.86. The molecule has 0 spiro atoms. The van der Waals surface area contributed by atoms with Crippen LogP contribution in [-0.2, 0) is 27.7 Å². The van der Waals surface area contributed by atoms with Gasteiger partial charge >= 0.3 is 12.0 Å². The third-order valence-electron chi connectivity index (χ3n) is 10.3. The third-order valence-corrected chi connectivity index (χ3v) is 10.3. The van der Waals surface area contributed by atoms with Crippen molar-refractivity contribution in [3.63, 3.8) is 0 Å².